The summed E-state index contributed by atoms with van der Waals surface area (Å²) in [6, 6.07) is 37.0. The van der Waals surface area contributed by atoms with Gasteiger partial charge in [0, 0.05) is 90.6 Å². The van der Waals surface area contributed by atoms with E-state index in [2.05, 4.69) is 83.1 Å². The molecule has 0 radical (unpaired) electrons. The van der Waals surface area contributed by atoms with Crippen molar-refractivity contribution in [1.82, 2.24) is 20.0 Å². The van der Waals surface area contributed by atoms with Crippen LogP contribution in [0.3, 0.4) is 0 Å². The van der Waals surface area contributed by atoms with Crippen LogP contribution in [0.1, 0.15) is 76.2 Å². The second kappa shape index (κ2) is 30.9. The summed E-state index contributed by atoms with van der Waals surface area (Å²) >= 11 is 47.8. The second-order valence-corrected chi connectivity index (χ2v) is 22.4. The van der Waals surface area contributed by atoms with Crippen LogP contribution in [0.15, 0.2) is 109 Å². The highest BCUT2D eigenvalue weighted by molar-refractivity contribution is 6.61. The van der Waals surface area contributed by atoms with Crippen molar-refractivity contribution >= 4 is 110 Å². The number of nitrogens with zero attached hydrogens (tertiary/aromatic N) is 5. The first-order chi connectivity index (χ1) is 34.7. The van der Waals surface area contributed by atoms with Gasteiger partial charge in [0.25, 0.3) is 0 Å². The number of nitrogens with one attached hydrogen (secondary N) is 1. The SMILES string of the molecule is C.C.CC(Cl)OC(=O)Cl.COc1ccc(CN2CCC(CN3CCN(c4ccc(Cl)cc4Cl)[C@H](c4ccc(Cl)cc4)C3)CC2)cc1.Clc1ccc([C@@H]2CN(CC3CCNCC3)CCN2c2ccc(Cl)cc2Cl)cc1. The number of likely N-dealkylation sites (tertiary alicyclic amines) is 1. The van der Waals surface area contributed by atoms with Crippen LogP contribution in [-0.2, 0) is 11.3 Å². The summed E-state index contributed by atoms with van der Waals surface area (Å²) in [5.74, 6) is 2.43. The van der Waals surface area contributed by atoms with Crippen LogP contribution < -0.4 is 19.9 Å². The number of rotatable bonds is 12. The average molecular weight is 1170 g/mol. The number of piperidine rings is 2. The topological polar surface area (TPSA) is 63.8 Å². The predicted molar refractivity (Wildman–Crippen MR) is 317 cm³/mol. The van der Waals surface area contributed by atoms with Crippen molar-refractivity contribution in [3.63, 3.8) is 0 Å². The lowest BCUT2D eigenvalue weighted by Crippen LogP contribution is -2.50. The molecule has 1 N–H and O–H groups in total. The molecule has 4 heterocycles. The zero-order chi connectivity index (χ0) is 51.1. The van der Waals surface area contributed by atoms with Gasteiger partial charge in [-0.25, -0.2) is 4.79 Å². The van der Waals surface area contributed by atoms with Gasteiger partial charge in [0.2, 0.25) is 0 Å². The normalized spacial score (nSPS) is 19.4. The summed E-state index contributed by atoms with van der Waals surface area (Å²) in [6.07, 6.45) is 5.03. The van der Waals surface area contributed by atoms with E-state index in [1.54, 1.807) is 7.11 Å². The molecule has 4 aliphatic heterocycles. The minimum atomic E-state index is -0.873. The molecule has 3 atom stereocenters. The average Bonchev–Trinajstić information content (AvgIpc) is 3.36. The van der Waals surface area contributed by atoms with Crippen molar-refractivity contribution in [1.29, 1.82) is 0 Å². The number of carbonyl (C=O) groups excluding carboxylic acids is 1. The highest BCUT2D eigenvalue weighted by Crippen LogP contribution is 2.39. The third-order valence-electron chi connectivity index (χ3n) is 13.9. The number of piperazine rings is 2. The molecule has 5 aromatic carbocycles. The van der Waals surface area contributed by atoms with Crippen molar-refractivity contribution < 1.29 is 14.3 Å². The van der Waals surface area contributed by atoms with E-state index in [4.69, 9.17) is 97.5 Å². The Bertz CT molecular complexity index is 2460. The van der Waals surface area contributed by atoms with E-state index < -0.39 is 11.0 Å². The van der Waals surface area contributed by atoms with Crippen LogP contribution in [0, 0.1) is 11.8 Å². The first kappa shape index (κ1) is 62.0. The number of anilines is 2. The number of methoxy groups -OCH3 is 1. The molecule has 4 fully saturated rings. The van der Waals surface area contributed by atoms with Crippen LogP contribution in [0.4, 0.5) is 16.2 Å². The number of halogens is 8. The lowest BCUT2D eigenvalue weighted by molar-refractivity contribution is 0.127. The fraction of sp³-hybridized carbons (Fsp3) is 0.456. The fourth-order valence-corrected chi connectivity index (χ4v) is 11.7. The van der Waals surface area contributed by atoms with Gasteiger partial charge in [-0.3, -0.25) is 14.7 Å². The third kappa shape index (κ3) is 18.7. The molecular weight excluding hydrogens is 1100 g/mol. The first-order valence-corrected chi connectivity index (χ1v) is 27.7. The summed E-state index contributed by atoms with van der Waals surface area (Å²) in [7, 11) is 1.71. The van der Waals surface area contributed by atoms with Crippen LogP contribution in [0.25, 0.3) is 0 Å². The largest absolute Gasteiger partial charge is 0.497 e. The Balaban J connectivity index is 0.000000243. The van der Waals surface area contributed by atoms with Crippen molar-refractivity contribution in [2.45, 2.75) is 71.7 Å². The summed E-state index contributed by atoms with van der Waals surface area (Å²) < 4.78 is 9.43. The third-order valence-corrected chi connectivity index (χ3v) is 15.7. The van der Waals surface area contributed by atoms with Crippen molar-refractivity contribution in [2.24, 2.45) is 11.8 Å². The molecule has 9 rings (SSSR count). The second-order valence-electron chi connectivity index (χ2n) is 18.9. The lowest BCUT2D eigenvalue weighted by Gasteiger charge is -2.45. The summed E-state index contributed by atoms with van der Waals surface area (Å²) in [5.41, 5.74) is 4.46. The zero-order valence-corrected chi connectivity index (χ0v) is 46.8. The van der Waals surface area contributed by atoms with E-state index in [0.29, 0.717) is 20.1 Å². The Morgan fingerprint density at radius 1 is 0.581 bits per heavy atom. The number of ether oxygens (including phenoxy) is 2. The van der Waals surface area contributed by atoms with Crippen molar-refractivity contribution in [3.05, 3.63) is 156 Å². The Kier molecular flexibility index (Phi) is 25.9. The van der Waals surface area contributed by atoms with E-state index in [-0.39, 0.29) is 26.9 Å². The Hall–Kier alpha value is -2.87. The van der Waals surface area contributed by atoms with E-state index in [0.717, 1.165) is 118 Å². The molecule has 0 aromatic heterocycles. The molecule has 5 aromatic rings. The minimum absolute atomic E-state index is 0. The Labute approximate surface area is 481 Å². The molecular formula is C57H72Cl8N6O3. The molecule has 17 heteroatoms. The van der Waals surface area contributed by atoms with E-state index in [1.165, 1.54) is 55.8 Å². The van der Waals surface area contributed by atoms with Crippen LogP contribution in [0.2, 0.25) is 30.1 Å². The van der Waals surface area contributed by atoms with E-state index >= 15 is 0 Å². The highest BCUT2D eigenvalue weighted by atomic mass is 35.5. The van der Waals surface area contributed by atoms with Gasteiger partial charge >= 0.3 is 5.43 Å². The summed E-state index contributed by atoms with van der Waals surface area (Å²) in [5, 5.41) is 7.72. The fourth-order valence-electron chi connectivity index (χ4n) is 10.2. The van der Waals surface area contributed by atoms with Crippen molar-refractivity contribution in [2.75, 3.05) is 95.4 Å². The van der Waals surface area contributed by atoms with Crippen LogP contribution in [0.5, 0.6) is 5.75 Å². The number of carbonyl (C=O) groups is 1. The van der Waals surface area contributed by atoms with Gasteiger partial charge < -0.3 is 24.6 Å². The summed E-state index contributed by atoms with van der Waals surface area (Å²) in [4.78, 5) is 22.4. The quantitative estimate of drug-likeness (QED) is 0.0972. The standard InChI is InChI=1S/C30H34Cl3N3O.C22H26Cl3N3.C3H4Cl2O2.2CH4/c1-37-27-9-2-22(3-10-27)19-34-14-12-23(13-15-34)20-35-16-17-36(29-11-8-26(32)18-28(29)33)30(21-35)24-4-6-25(31)7-5-24;23-18-3-1-17(2-4-18)22-15-27(14-16-7-9-26-10-8-16)11-12-28(22)21-6-5-19(24)13-20(21)25;1-2(4)7-3(5)6;;/h2-11,18,23,30H,12-17,19-21H2,1H3;1-6,13,16,22,26H,7-12,14-15H2;2H,1H3;2*1H4/t30-;22-;;;/m00.../s1. The van der Waals surface area contributed by atoms with E-state index in [1.807, 2.05) is 60.7 Å². The molecule has 0 bridgehead atoms. The molecule has 0 saturated carbocycles. The first-order valence-electron chi connectivity index (χ1n) is 24.7. The number of hydrogen-bond acceptors (Lipinski definition) is 9. The molecule has 74 heavy (non-hydrogen) atoms. The molecule has 404 valence electrons. The maximum Gasteiger partial charge on any atom is 0.405 e. The van der Waals surface area contributed by atoms with Gasteiger partial charge in [-0.15, -0.1) is 0 Å². The smallest absolute Gasteiger partial charge is 0.405 e. The van der Waals surface area contributed by atoms with Gasteiger partial charge in [-0.2, -0.15) is 0 Å². The van der Waals surface area contributed by atoms with Crippen LogP contribution in [-0.4, -0.2) is 111 Å². The summed E-state index contributed by atoms with van der Waals surface area (Å²) in [6.45, 7) is 15.3. The van der Waals surface area contributed by atoms with E-state index in [9.17, 15) is 4.79 Å². The molecule has 4 aliphatic rings. The number of alkyl halides is 1. The van der Waals surface area contributed by atoms with Crippen molar-refractivity contribution in [3.8, 4) is 5.75 Å². The van der Waals surface area contributed by atoms with Gasteiger partial charge in [0.15, 0.2) is 5.56 Å². The van der Waals surface area contributed by atoms with Crippen LogP contribution >= 0.6 is 92.8 Å². The Morgan fingerprint density at radius 3 is 1.41 bits per heavy atom. The van der Waals surface area contributed by atoms with Gasteiger partial charge in [-0.05, 0) is 160 Å². The van der Waals surface area contributed by atoms with Gasteiger partial charge in [0.1, 0.15) is 5.75 Å². The molecule has 4 saturated heterocycles. The Morgan fingerprint density at radius 2 is 1.01 bits per heavy atom. The molecule has 9 nitrogen and oxygen atoms in total. The van der Waals surface area contributed by atoms with Gasteiger partial charge in [-0.1, -0.05) is 132 Å². The molecule has 1 unspecified atom stereocenters. The maximum absolute atomic E-state index is 9.71. The number of benzene rings is 5. The lowest BCUT2D eigenvalue weighted by atomic mass is 9.94. The molecule has 0 amide bonds. The number of hydrogen-bond donors (Lipinski definition) is 1. The highest BCUT2D eigenvalue weighted by Gasteiger charge is 2.33. The molecule has 0 aliphatic carbocycles. The maximum atomic E-state index is 9.71. The predicted octanol–water partition coefficient (Wildman–Crippen LogP) is 16.2. The monoisotopic (exact) mass is 1170 g/mol. The zero-order valence-electron chi connectivity index (χ0n) is 40.8. The minimum Gasteiger partial charge on any atom is -0.497 e. The molecule has 0 spiro atoms. The van der Waals surface area contributed by atoms with Gasteiger partial charge in [0.05, 0.1) is 40.6 Å².